The average molecular weight is 303 g/mol. The Kier molecular flexibility index (Phi) is 6.36. The molecule has 0 saturated heterocycles. The van der Waals surface area contributed by atoms with E-state index in [0.29, 0.717) is 6.04 Å². The van der Waals surface area contributed by atoms with Gasteiger partial charge in [0.2, 0.25) is 0 Å². The highest BCUT2D eigenvalue weighted by atomic mass is 32.1. The van der Waals surface area contributed by atoms with Crippen LogP contribution in [0, 0.1) is 6.92 Å². The molecule has 1 N–H and O–H groups in total. The van der Waals surface area contributed by atoms with E-state index in [1.54, 1.807) is 11.3 Å². The van der Waals surface area contributed by atoms with Crippen molar-refractivity contribution in [3.05, 3.63) is 52.0 Å². The number of likely N-dealkylation sites (N-methyl/N-ethyl adjacent to an activating group) is 1. The Bertz CT molecular complexity index is 524. The molecule has 0 aliphatic carbocycles. The molecule has 21 heavy (non-hydrogen) atoms. The number of aryl methyl sites for hydroxylation is 1. The molecule has 1 atom stereocenters. The summed E-state index contributed by atoms with van der Waals surface area (Å²) in [5.41, 5.74) is 2.52. The van der Waals surface area contributed by atoms with Crippen LogP contribution in [0.4, 0.5) is 0 Å². The summed E-state index contributed by atoms with van der Waals surface area (Å²) in [6.45, 7) is 7.18. The van der Waals surface area contributed by atoms with Gasteiger partial charge in [0.25, 0.3) is 0 Å². The zero-order valence-corrected chi connectivity index (χ0v) is 14.0. The fourth-order valence-electron chi connectivity index (χ4n) is 2.47. The second-order valence-corrected chi connectivity index (χ2v) is 6.47. The number of benzene rings is 1. The summed E-state index contributed by atoms with van der Waals surface area (Å²) in [5.74, 6) is 0. The minimum atomic E-state index is 0.375. The van der Waals surface area contributed by atoms with Crippen LogP contribution in [0.3, 0.4) is 0 Å². The summed E-state index contributed by atoms with van der Waals surface area (Å²) in [5, 5.41) is 6.84. The molecule has 2 aromatic rings. The lowest BCUT2D eigenvalue weighted by molar-refractivity contribution is 0.228. The maximum atomic E-state index is 4.58. The van der Waals surface area contributed by atoms with E-state index in [-0.39, 0.29) is 0 Å². The number of hydrogen-bond donors (Lipinski definition) is 1. The lowest BCUT2D eigenvalue weighted by atomic mass is 10.1. The summed E-state index contributed by atoms with van der Waals surface area (Å²) in [6.07, 6.45) is 1.16. The second kappa shape index (κ2) is 8.27. The van der Waals surface area contributed by atoms with Crippen LogP contribution in [0.1, 0.15) is 35.7 Å². The lowest BCUT2D eigenvalue weighted by Gasteiger charge is -2.28. The number of thiazole rings is 1. The van der Waals surface area contributed by atoms with Crippen molar-refractivity contribution >= 4 is 11.3 Å². The Morgan fingerprint density at radius 3 is 2.67 bits per heavy atom. The van der Waals surface area contributed by atoms with Gasteiger partial charge >= 0.3 is 0 Å². The van der Waals surface area contributed by atoms with Crippen molar-refractivity contribution in [1.82, 2.24) is 15.2 Å². The van der Waals surface area contributed by atoms with Gasteiger partial charge in [-0.15, -0.1) is 11.3 Å². The third kappa shape index (κ3) is 4.92. The molecular formula is C17H25N3S. The molecule has 1 heterocycles. The van der Waals surface area contributed by atoms with E-state index < -0.39 is 0 Å². The minimum Gasteiger partial charge on any atom is -0.315 e. The third-order valence-electron chi connectivity index (χ3n) is 3.56. The van der Waals surface area contributed by atoms with E-state index in [2.05, 4.69) is 71.8 Å². The quantitative estimate of drug-likeness (QED) is 0.755. The number of nitrogens with one attached hydrogen (secondary N) is 1. The van der Waals surface area contributed by atoms with Crippen molar-refractivity contribution in [2.24, 2.45) is 0 Å². The highest BCUT2D eigenvalue weighted by Crippen LogP contribution is 2.21. The largest absolute Gasteiger partial charge is 0.315 e. The lowest BCUT2D eigenvalue weighted by Crippen LogP contribution is -2.33. The third-order valence-corrected chi connectivity index (χ3v) is 4.38. The SMILES string of the molecule is CCCNCC(c1ccccc1)N(C)Cc1csc(C)n1. The molecule has 0 radical (unpaired) electrons. The molecule has 1 aromatic heterocycles. The second-order valence-electron chi connectivity index (χ2n) is 5.40. The Labute approximate surface area is 132 Å². The molecule has 0 amide bonds. The van der Waals surface area contributed by atoms with Crippen LogP contribution in [-0.4, -0.2) is 30.0 Å². The zero-order valence-electron chi connectivity index (χ0n) is 13.2. The first-order chi connectivity index (χ1) is 10.2. The van der Waals surface area contributed by atoms with Crippen molar-refractivity contribution in [2.45, 2.75) is 32.9 Å². The normalized spacial score (nSPS) is 12.8. The monoisotopic (exact) mass is 303 g/mol. The van der Waals surface area contributed by atoms with Crippen molar-refractivity contribution in [2.75, 3.05) is 20.1 Å². The molecule has 4 heteroatoms. The van der Waals surface area contributed by atoms with Crippen molar-refractivity contribution in [1.29, 1.82) is 0 Å². The van der Waals surface area contributed by atoms with Gasteiger partial charge in [-0.25, -0.2) is 4.98 Å². The van der Waals surface area contributed by atoms with Crippen LogP contribution in [0.15, 0.2) is 35.7 Å². The first-order valence-electron chi connectivity index (χ1n) is 7.57. The van der Waals surface area contributed by atoms with Crippen LogP contribution in [0.2, 0.25) is 0 Å². The summed E-state index contributed by atoms with van der Waals surface area (Å²) in [4.78, 5) is 6.96. The fourth-order valence-corrected chi connectivity index (χ4v) is 3.07. The van der Waals surface area contributed by atoms with Gasteiger partial charge in [-0.05, 0) is 32.5 Å². The van der Waals surface area contributed by atoms with Gasteiger partial charge in [0.15, 0.2) is 0 Å². The molecule has 0 fully saturated rings. The van der Waals surface area contributed by atoms with Crippen molar-refractivity contribution < 1.29 is 0 Å². The molecule has 2 rings (SSSR count). The van der Waals surface area contributed by atoms with E-state index in [4.69, 9.17) is 0 Å². The zero-order chi connectivity index (χ0) is 15.1. The van der Waals surface area contributed by atoms with Crippen LogP contribution in [-0.2, 0) is 6.54 Å². The molecule has 3 nitrogen and oxygen atoms in total. The van der Waals surface area contributed by atoms with Crippen LogP contribution >= 0.6 is 11.3 Å². The molecule has 0 spiro atoms. The fraction of sp³-hybridized carbons (Fsp3) is 0.471. The number of hydrogen-bond acceptors (Lipinski definition) is 4. The van der Waals surface area contributed by atoms with E-state index >= 15 is 0 Å². The van der Waals surface area contributed by atoms with Gasteiger partial charge in [-0.2, -0.15) is 0 Å². The van der Waals surface area contributed by atoms with E-state index in [1.807, 2.05) is 0 Å². The van der Waals surface area contributed by atoms with E-state index in [9.17, 15) is 0 Å². The maximum Gasteiger partial charge on any atom is 0.0897 e. The summed E-state index contributed by atoms with van der Waals surface area (Å²) in [6, 6.07) is 11.1. The molecule has 114 valence electrons. The molecule has 0 bridgehead atoms. The smallest absolute Gasteiger partial charge is 0.0897 e. The maximum absolute atomic E-state index is 4.58. The first kappa shape index (κ1) is 16.1. The van der Waals surface area contributed by atoms with Gasteiger partial charge in [-0.3, -0.25) is 4.90 Å². The van der Waals surface area contributed by atoms with Gasteiger partial charge in [0.05, 0.1) is 10.7 Å². The molecule has 0 aliphatic rings. The van der Waals surface area contributed by atoms with E-state index in [0.717, 1.165) is 36.8 Å². The van der Waals surface area contributed by atoms with E-state index in [1.165, 1.54) is 5.56 Å². The van der Waals surface area contributed by atoms with Gasteiger partial charge in [-0.1, -0.05) is 37.3 Å². The van der Waals surface area contributed by atoms with Gasteiger partial charge < -0.3 is 5.32 Å². The Balaban J connectivity index is 2.06. The molecule has 1 aromatic carbocycles. The number of aromatic nitrogens is 1. The van der Waals surface area contributed by atoms with Gasteiger partial charge in [0.1, 0.15) is 0 Å². The topological polar surface area (TPSA) is 28.2 Å². The Morgan fingerprint density at radius 2 is 2.05 bits per heavy atom. The highest BCUT2D eigenvalue weighted by molar-refractivity contribution is 7.09. The standard InChI is InChI=1S/C17H25N3S/c1-4-10-18-11-17(15-8-6-5-7-9-15)20(3)12-16-13-21-14(2)19-16/h5-9,13,17-18H,4,10-12H2,1-3H3. The molecule has 1 unspecified atom stereocenters. The minimum absolute atomic E-state index is 0.375. The molecular weight excluding hydrogens is 278 g/mol. The van der Waals surface area contributed by atoms with Crippen LogP contribution < -0.4 is 5.32 Å². The van der Waals surface area contributed by atoms with Gasteiger partial charge in [0, 0.05) is 24.5 Å². The summed E-state index contributed by atoms with van der Waals surface area (Å²) < 4.78 is 0. The highest BCUT2D eigenvalue weighted by Gasteiger charge is 2.17. The van der Waals surface area contributed by atoms with Crippen LogP contribution in [0.25, 0.3) is 0 Å². The molecule has 0 saturated carbocycles. The average Bonchev–Trinajstić information content (AvgIpc) is 2.89. The van der Waals surface area contributed by atoms with Crippen molar-refractivity contribution in [3.8, 4) is 0 Å². The summed E-state index contributed by atoms with van der Waals surface area (Å²) >= 11 is 1.72. The predicted octanol–water partition coefficient (Wildman–Crippen LogP) is 3.62. The van der Waals surface area contributed by atoms with Crippen molar-refractivity contribution in [3.63, 3.8) is 0 Å². The Hall–Kier alpha value is -1.23. The van der Waals surface area contributed by atoms with Crippen LogP contribution in [0.5, 0.6) is 0 Å². The number of nitrogens with zero attached hydrogens (tertiary/aromatic N) is 2. The first-order valence-corrected chi connectivity index (χ1v) is 8.45. The molecule has 0 aliphatic heterocycles. The number of rotatable bonds is 8. The Morgan fingerprint density at radius 1 is 1.29 bits per heavy atom. The summed E-state index contributed by atoms with van der Waals surface area (Å²) in [7, 11) is 2.18. The predicted molar refractivity (Wildman–Crippen MR) is 90.7 cm³/mol.